The molecule has 0 aliphatic carbocycles. The fourth-order valence-corrected chi connectivity index (χ4v) is 3.63. The second-order valence-electron chi connectivity index (χ2n) is 5.90. The minimum absolute atomic E-state index is 0.0368. The maximum atomic E-state index is 12.5. The summed E-state index contributed by atoms with van der Waals surface area (Å²) in [6.07, 6.45) is 1.04. The van der Waals surface area contributed by atoms with E-state index in [1.54, 1.807) is 17.0 Å². The molecule has 1 fully saturated rings. The third kappa shape index (κ3) is 4.99. The third-order valence-electron chi connectivity index (χ3n) is 3.99. The largest absolute Gasteiger partial charge is 0.481 e. The molecule has 1 aromatic carbocycles. The van der Waals surface area contributed by atoms with Gasteiger partial charge in [-0.2, -0.15) is 0 Å². The van der Waals surface area contributed by atoms with E-state index in [1.165, 1.54) is 18.7 Å². The fraction of sp³-hybridized carbons (Fsp3) is 0.471. The smallest absolute Gasteiger partial charge is 0.306 e. The SMILES string of the molecule is CC(=O)Nc1ccc(SC(C)C(=O)N2CCC(C(=O)O)CC2)cc1. The van der Waals surface area contributed by atoms with E-state index >= 15 is 0 Å². The third-order valence-corrected chi connectivity index (χ3v) is 5.09. The van der Waals surface area contributed by atoms with Crippen molar-refractivity contribution in [3.05, 3.63) is 24.3 Å². The number of carboxylic acids is 1. The van der Waals surface area contributed by atoms with Crippen LogP contribution in [0.5, 0.6) is 0 Å². The summed E-state index contributed by atoms with van der Waals surface area (Å²) in [6, 6.07) is 7.35. The monoisotopic (exact) mass is 350 g/mol. The normalized spacial score (nSPS) is 16.5. The first-order chi connectivity index (χ1) is 11.4. The molecule has 7 heteroatoms. The molecule has 1 unspecified atom stereocenters. The van der Waals surface area contributed by atoms with E-state index in [-0.39, 0.29) is 23.0 Å². The molecule has 1 heterocycles. The topological polar surface area (TPSA) is 86.7 Å². The number of benzene rings is 1. The van der Waals surface area contributed by atoms with Crippen LogP contribution in [0.4, 0.5) is 5.69 Å². The van der Waals surface area contributed by atoms with Crippen molar-refractivity contribution in [3.8, 4) is 0 Å². The molecule has 1 aromatic rings. The molecule has 2 N–H and O–H groups in total. The van der Waals surface area contributed by atoms with E-state index in [0.29, 0.717) is 25.9 Å². The van der Waals surface area contributed by atoms with Crippen LogP contribution in [0.15, 0.2) is 29.2 Å². The summed E-state index contributed by atoms with van der Waals surface area (Å²) >= 11 is 1.46. The lowest BCUT2D eigenvalue weighted by Gasteiger charge is -2.31. The van der Waals surface area contributed by atoms with E-state index in [2.05, 4.69) is 5.32 Å². The molecule has 0 bridgehead atoms. The Bertz CT molecular complexity index is 610. The van der Waals surface area contributed by atoms with Crippen LogP contribution in [0, 0.1) is 5.92 Å². The first-order valence-electron chi connectivity index (χ1n) is 7.92. The summed E-state index contributed by atoms with van der Waals surface area (Å²) in [6.45, 7) is 4.32. The lowest BCUT2D eigenvalue weighted by molar-refractivity contribution is -0.145. The van der Waals surface area contributed by atoms with Gasteiger partial charge in [0.05, 0.1) is 11.2 Å². The highest BCUT2D eigenvalue weighted by Gasteiger charge is 2.29. The van der Waals surface area contributed by atoms with Crippen molar-refractivity contribution in [2.45, 2.75) is 36.8 Å². The number of thioether (sulfide) groups is 1. The van der Waals surface area contributed by atoms with Crippen molar-refractivity contribution >= 4 is 35.2 Å². The maximum Gasteiger partial charge on any atom is 0.306 e. The minimum Gasteiger partial charge on any atom is -0.481 e. The average Bonchev–Trinajstić information content (AvgIpc) is 2.55. The molecule has 0 radical (unpaired) electrons. The quantitative estimate of drug-likeness (QED) is 0.797. The Morgan fingerprint density at radius 3 is 2.29 bits per heavy atom. The Hall–Kier alpha value is -2.02. The Morgan fingerprint density at radius 2 is 1.79 bits per heavy atom. The van der Waals surface area contributed by atoms with E-state index in [4.69, 9.17) is 5.11 Å². The van der Waals surface area contributed by atoms with Gasteiger partial charge in [-0.25, -0.2) is 0 Å². The van der Waals surface area contributed by atoms with Gasteiger partial charge in [0.1, 0.15) is 0 Å². The van der Waals surface area contributed by atoms with Crippen molar-refractivity contribution < 1.29 is 19.5 Å². The number of carboxylic acid groups (broad SMARTS) is 1. The van der Waals surface area contributed by atoms with Crippen LogP contribution < -0.4 is 5.32 Å². The van der Waals surface area contributed by atoms with Crippen molar-refractivity contribution in [3.63, 3.8) is 0 Å². The molecule has 130 valence electrons. The maximum absolute atomic E-state index is 12.5. The van der Waals surface area contributed by atoms with Gasteiger partial charge in [0.2, 0.25) is 11.8 Å². The molecule has 6 nitrogen and oxygen atoms in total. The summed E-state index contributed by atoms with van der Waals surface area (Å²) in [4.78, 5) is 37.2. The Labute approximate surface area is 145 Å². The number of nitrogens with zero attached hydrogens (tertiary/aromatic N) is 1. The number of aliphatic carboxylic acids is 1. The van der Waals surface area contributed by atoms with Crippen LogP contribution >= 0.6 is 11.8 Å². The molecular weight excluding hydrogens is 328 g/mol. The van der Waals surface area contributed by atoms with Gasteiger partial charge in [0.25, 0.3) is 0 Å². The van der Waals surface area contributed by atoms with Gasteiger partial charge in [0, 0.05) is 30.6 Å². The second-order valence-corrected chi connectivity index (χ2v) is 7.32. The Kier molecular flexibility index (Phi) is 6.25. The fourth-order valence-electron chi connectivity index (χ4n) is 2.68. The number of carbonyl (C=O) groups excluding carboxylic acids is 2. The lowest BCUT2D eigenvalue weighted by atomic mass is 9.97. The summed E-state index contributed by atoms with van der Waals surface area (Å²) in [5.41, 5.74) is 0.724. The molecule has 1 saturated heterocycles. The van der Waals surface area contributed by atoms with Crippen LogP contribution in [0.25, 0.3) is 0 Å². The number of nitrogens with one attached hydrogen (secondary N) is 1. The van der Waals surface area contributed by atoms with Gasteiger partial charge in [-0.05, 0) is 44.0 Å². The van der Waals surface area contributed by atoms with Gasteiger partial charge in [0.15, 0.2) is 0 Å². The molecular formula is C17H22N2O4S. The molecule has 1 aliphatic heterocycles. The molecule has 0 spiro atoms. The second kappa shape index (κ2) is 8.19. The van der Waals surface area contributed by atoms with Crippen LogP contribution in [-0.4, -0.2) is 46.1 Å². The summed E-state index contributed by atoms with van der Waals surface area (Å²) in [5.74, 6) is -1.19. The number of carbonyl (C=O) groups is 3. The molecule has 0 aromatic heterocycles. The van der Waals surface area contributed by atoms with Gasteiger partial charge in [-0.1, -0.05) is 0 Å². The number of likely N-dealkylation sites (tertiary alicyclic amines) is 1. The number of rotatable bonds is 5. The highest BCUT2D eigenvalue weighted by Crippen LogP contribution is 2.27. The van der Waals surface area contributed by atoms with Crippen molar-refractivity contribution in [1.82, 2.24) is 4.90 Å². The predicted octanol–water partition coefficient (Wildman–Crippen LogP) is 2.45. The standard InChI is InChI=1S/C17H22N2O4S/c1-11(16(21)19-9-7-13(8-10-19)17(22)23)24-15-5-3-14(4-6-15)18-12(2)20/h3-6,11,13H,7-10H2,1-2H3,(H,18,20)(H,22,23). The Morgan fingerprint density at radius 1 is 1.21 bits per heavy atom. The summed E-state index contributed by atoms with van der Waals surface area (Å²) < 4.78 is 0. The zero-order valence-electron chi connectivity index (χ0n) is 13.8. The zero-order valence-corrected chi connectivity index (χ0v) is 14.6. The number of piperidine rings is 1. The van der Waals surface area contributed by atoms with Gasteiger partial charge < -0.3 is 15.3 Å². The van der Waals surface area contributed by atoms with Crippen LogP contribution in [0.1, 0.15) is 26.7 Å². The average molecular weight is 350 g/mol. The van der Waals surface area contributed by atoms with Crippen molar-refractivity contribution in [1.29, 1.82) is 0 Å². The number of amides is 2. The van der Waals surface area contributed by atoms with Gasteiger partial charge in [-0.3, -0.25) is 14.4 Å². The predicted molar refractivity (Wildman–Crippen MR) is 93.0 cm³/mol. The first-order valence-corrected chi connectivity index (χ1v) is 8.80. The number of hydrogen-bond donors (Lipinski definition) is 2. The summed E-state index contributed by atoms with van der Waals surface area (Å²) in [5, 5.41) is 11.5. The number of anilines is 1. The van der Waals surface area contributed by atoms with Crippen molar-refractivity contribution in [2.24, 2.45) is 5.92 Å². The van der Waals surface area contributed by atoms with E-state index in [0.717, 1.165) is 10.6 Å². The molecule has 1 aliphatic rings. The lowest BCUT2D eigenvalue weighted by Crippen LogP contribution is -2.43. The van der Waals surface area contributed by atoms with Crippen LogP contribution in [0.3, 0.4) is 0 Å². The molecule has 2 amide bonds. The van der Waals surface area contributed by atoms with E-state index in [9.17, 15) is 14.4 Å². The van der Waals surface area contributed by atoms with E-state index < -0.39 is 5.97 Å². The van der Waals surface area contributed by atoms with Crippen molar-refractivity contribution in [2.75, 3.05) is 18.4 Å². The highest BCUT2D eigenvalue weighted by molar-refractivity contribution is 8.00. The summed E-state index contributed by atoms with van der Waals surface area (Å²) in [7, 11) is 0. The zero-order chi connectivity index (χ0) is 17.7. The number of hydrogen-bond acceptors (Lipinski definition) is 4. The van der Waals surface area contributed by atoms with Crippen LogP contribution in [0.2, 0.25) is 0 Å². The molecule has 0 saturated carbocycles. The highest BCUT2D eigenvalue weighted by atomic mass is 32.2. The van der Waals surface area contributed by atoms with Crippen LogP contribution in [-0.2, 0) is 14.4 Å². The molecule has 24 heavy (non-hydrogen) atoms. The van der Waals surface area contributed by atoms with Gasteiger partial charge >= 0.3 is 5.97 Å². The van der Waals surface area contributed by atoms with Gasteiger partial charge in [-0.15, -0.1) is 11.8 Å². The molecule has 1 atom stereocenters. The van der Waals surface area contributed by atoms with E-state index in [1.807, 2.05) is 19.1 Å². The molecule has 2 rings (SSSR count). The minimum atomic E-state index is -0.774. The Balaban J connectivity index is 1.87. The first kappa shape index (κ1) is 18.3.